The van der Waals surface area contributed by atoms with Crippen molar-refractivity contribution >= 4 is 50.0 Å². The highest BCUT2D eigenvalue weighted by molar-refractivity contribution is 14.1. The minimum Gasteiger partial charge on any atom is -0.340 e. The Morgan fingerprint density at radius 1 is 1.13 bits per heavy atom. The molecule has 0 saturated heterocycles. The third kappa shape index (κ3) is 3.13. The number of benzene rings is 1. The Balaban J connectivity index is 2.18. The van der Waals surface area contributed by atoms with Gasteiger partial charge in [0.05, 0.1) is 0 Å². The van der Waals surface area contributed by atoms with Crippen LogP contribution in [0.4, 0.5) is 11.5 Å². The Labute approximate surface area is 110 Å². The lowest BCUT2D eigenvalue weighted by atomic mass is 10.3. The van der Waals surface area contributed by atoms with Crippen LogP contribution in [0.2, 0.25) is 0 Å². The van der Waals surface area contributed by atoms with E-state index in [2.05, 4.69) is 53.8 Å². The molecule has 1 N–H and O–H groups in total. The fourth-order valence-electron chi connectivity index (χ4n) is 1.08. The summed E-state index contributed by atoms with van der Waals surface area (Å²) in [6.45, 7) is 0. The first-order valence-electron chi connectivity index (χ1n) is 4.24. The predicted molar refractivity (Wildman–Crippen MR) is 72.2 cm³/mol. The minimum atomic E-state index is 0.769. The molecule has 0 aliphatic rings. The molecule has 1 aromatic heterocycles. The molecule has 0 spiro atoms. The maximum atomic E-state index is 4.10. The molecule has 0 radical (unpaired) electrons. The molecule has 1 aromatic carbocycles. The second-order valence-corrected chi connectivity index (χ2v) is 4.92. The maximum absolute atomic E-state index is 4.10. The van der Waals surface area contributed by atoms with Gasteiger partial charge >= 0.3 is 0 Å². The number of anilines is 2. The van der Waals surface area contributed by atoms with E-state index in [-0.39, 0.29) is 0 Å². The molecule has 0 aliphatic heterocycles. The predicted octanol–water partition coefficient (Wildman–Crippen LogP) is 3.59. The molecule has 2 rings (SSSR count). The van der Waals surface area contributed by atoms with Gasteiger partial charge in [0.1, 0.15) is 16.7 Å². The first-order chi connectivity index (χ1) is 7.24. The van der Waals surface area contributed by atoms with Crippen molar-refractivity contribution in [3.05, 3.63) is 44.8 Å². The summed E-state index contributed by atoms with van der Waals surface area (Å²) in [4.78, 5) is 8.06. The quantitative estimate of drug-likeness (QED) is 0.643. The van der Waals surface area contributed by atoms with Gasteiger partial charge in [-0.15, -0.1) is 0 Å². The van der Waals surface area contributed by atoms with Crippen molar-refractivity contribution in [2.45, 2.75) is 0 Å². The molecule has 76 valence electrons. The summed E-state index contributed by atoms with van der Waals surface area (Å²) < 4.78 is 1.98. The van der Waals surface area contributed by atoms with E-state index in [0.29, 0.717) is 0 Å². The van der Waals surface area contributed by atoms with Crippen LogP contribution in [0, 0.1) is 3.57 Å². The third-order valence-electron chi connectivity index (χ3n) is 1.75. The van der Waals surface area contributed by atoms with Crippen molar-refractivity contribution in [2.24, 2.45) is 0 Å². The lowest BCUT2D eigenvalue weighted by Gasteiger charge is -2.04. The molecule has 0 aliphatic carbocycles. The second kappa shape index (κ2) is 4.89. The molecular weight excluding hydrogens is 369 g/mol. The summed E-state index contributed by atoms with van der Waals surface area (Å²) in [6, 6.07) is 9.94. The number of rotatable bonds is 2. The van der Waals surface area contributed by atoms with Crippen molar-refractivity contribution in [3.8, 4) is 0 Å². The maximum Gasteiger partial charge on any atom is 0.134 e. The van der Waals surface area contributed by atoms with Gasteiger partial charge < -0.3 is 5.32 Å². The highest BCUT2D eigenvalue weighted by Crippen LogP contribution is 2.17. The Kier molecular flexibility index (Phi) is 3.53. The Bertz CT molecular complexity index is 458. The Morgan fingerprint density at radius 2 is 1.87 bits per heavy atom. The molecule has 3 nitrogen and oxygen atoms in total. The van der Waals surface area contributed by atoms with Crippen LogP contribution in [0.5, 0.6) is 0 Å². The van der Waals surface area contributed by atoms with Crippen molar-refractivity contribution < 1.29 is 0 Å². The SMILES string of the molecule is Brc1cc(Nc2ccc(I)cc2)ncn1. The molecule has 15 heavy (non-hydrogen) atoms. The Morgan fingerprint density at radius 3 is 2.53 bits per heavy atom. The fraction of sp³-hybridized carbons (Fsp3) is 0. The van der Waals surface area contributed by atoms with Gasteiger partial charge in [-0.3, -0.25) is 0 Å². The number of nitrogens with zero attached hydrogens (tertiary/aromatic N) is 2. The summed E-state index contributed by atoms with van der Waals surface area (Å²) >= 11 is 5.57. The zero-order chi connectivity index (χ0) is 10.7. The van der Waals surface area contributed by atoms with Crippen LogP contribution in [0.15, 0.2) is 41.3 Å². The molecule has 0 amide bonds. The molecule has 0 bridgehead atoms. The Hall–Kier alpha value is -0.690. The van der Waals surface area contributed by atoms with E-state index in [1.807, 2.05) is 30.3 Å². The van der Waals surface area contributed by atoms with Gasteiger partial charge in [-0.1, -0.05) is 0 Å². The highest BCUT2D eigenvalue weighted by Gasteiger charge is 1.97. The molecule has 5 heteroatoms. The van der Waals surface area contributed by atoms with E-state index in [9.17, 15) is 0 Å². The summed E-state index contributed by atoms with van der Waals surface area (Å²) in [5.74, 6) is 0.776. The van der Waals surface area contributed by atoms with Crippen molar-refractivity contribution in [2.75, 3.05) is 5.32 Å². The van der Waals surface area contributed by atoms with Crippen LogP contribution >= 0.6 is 38.5 Å². The average Bonchev–Trinajstić information content (AvgIpc) is 2.22. The number of aromatic nitrogens is 2. The summed E-state index contributed by atoms with van der Waals surface area (Å²) in [6.07, 6.45) is 1.51. The largest absolute Gasteiger partial charge is 0.340 e. The van der Waals surface area contributed by atoms with Gasteiger partial charge in [-0.05, 0) is 62.8 Å². The fourth-order valence-corrected chi connectivity index (χ4v) is 1.75. The van der Waals surface area contributed by atoms with Gasteiger partial charge in [0, 0.05) is 15.3 Å². The van der Waals surface area contributed by atoms with Crippen LogP contribution in [0.3, 0.4) is 0 Å². The van der Waals surface area contributed by atoms with Crippen molar-refractivity contribution in [3.63, 3.8) is 0 Å². The molecule has 0 saturated carbocycles. The minimum absolute atomic E-state index is 0.769. The summed E-state index contributed by atoms with van der Waals surface area (Å²) in [7, 11) is 0. The first-order valence-corrected chi connectivity index (χ1v) is 6.11. The number of nitrogens with one attached hydrogen (secondary N) is 1. The van der Waals surface area contributed by atoms with Crippen molar-refractivity contribution in [1.82, 2.24) is 9.97 Å². The third-order valence-corrected chi connectivity index (χ3v) is 2.90. The van der Waals surface area contributed by atoms with Crippen LogP contribution in [-0.2, 0) is 0 Å². The van der Waals surface area contributed by atoms with Crippen LogP contribution < -0.4 is 5.32 Å². The van der Waals surface area contributed by atoms with Crippen LogP contribution in [0.1, 0.15) is 0 Å². The zero-order valence-electron chi connectivity index (χ0n) is 7.61. The smallest absolute Gasteiger partial charge is 0.134 e. The number of hydrogen-bond donors (Lipinski definition) is 1. The molecule has 0 fully saturated rings. The summed E-state index contributed by atoms with van der Waals surface area (Å²) in [5.41, 5.74) is 1.01. The van der Waals surface area contributed by atoms with E-state index in [1.54, 1.807) is 0 Å². The standard InChI is InChI=1S/C10H7BrIN3/c11-9-5-10(14-6-13-9)15-8-3-1-7(12)2-4-8/h1-6H,(H,13,14,15). The van der Waals surface area contributed by atoms with E-state index in [1.165, 1.54) is 9.90 Å². The first kappa shape index (κ1) is 10.8. The normalized spacial score (nSPS) is 10.0. The lowest BCUT2D eigenvalue weighted by molar-refractivity contribution is 1.14. The number of hydrogen-bond acceptors (Lipinski definition) is 3. The van der Waals surface area contributed by atoms with E-state index in [4.69, 9.17) is 0 Å². The van der Waals surface area contributed by atoms with Gasteiger partial charge in [-0.2, -0.15) is 0 Å². The van der Waals surface area contributed by atoms with E-state index < -0.39 is 0 Å². The van der Waals surface area contributed by atoms with Gasteiger partial charge in [0.25, 0.3) is 0 Å². The highest BCUT2D eigenvalue weighted by atomic mass is 127. The lowest BCUT2D eigenvalue weighted by Crippen LogP contribution is -1.93. The number of halogens is 2. The van der Waals surface area contributed by atoms with Gasteiger partial charge in [0.2, 0.25) is 0 Å². The molecule has 1 heterocycles. The molecule has 0 atom stereocenters. The average molecular weight is 376 g/mol. The molecule has 2 aromatic rings. The van der Waals surface area contributed by atoms with Gasteiger partial charge in [-0.25, -0.2) is 9.97 Å². The van der Waals surface area contributed by atoms with E-state index in [0.717, 1.165) is 16.1 Å². The van der Waals surface area contributed by atoms with Gasteiger partial charge in [0.15, 0.2) is 0 Å². The monoisotopic (exact) mass is 375 g/mol. The summed E-state index contributed by atoms with van der Waals surface area (Å²) in [5, 5.41) is 3.19. The molecular formula is C10H7BrIN3. The topological polar surface area (TPSA) is 37.8 Å². The molecule has 0 unspecified atom stereocenters. The zero-order valence-corrected chi connectivity index (χ0v) is 11.4. The van der Waals surface area contributed by atoms with Crippen LogP contribution in [-0.4, -0.2) is 9.97 Å². The second-order valence-electron chi connectivity index (χ2n) is 2.86. The van der Waals surface area contributed by atoms with E-state index >= 15 is 0 Å². The van der Waals surface area contributed by atoms with Crippen LogP contribution in [0.25, 0.3) is 0 Å². The van der Waals surface area contributed by atoms with Crippen molar-refractivity contribution in [1.29, 1.82) is 0 Å².